The number of thiazole rings is 1. The number of rotatable bonds is 6. The van der Waals surface area contributed by atoms with Gasteiger partial charge in [-0.2, -0.15) is 0 Å². The second-order valence-corrected chi connectivity index (χ2v) is 6.86. The number of aryl methyl sites for hydroxylation is 1. The van der Waals surface area contributed by atoms with E-state index in [2.05, 4.69) is 9.71 Å². The number of nitrogens with zero attached hydrogens (tertiary/aromatic N) is 1. The van der Waals surface area contributed by atoms with Crippen molar-refractivity contribution >= 4 is 32.5 Å². The molecule has 0 unspecified atom stereocenters. The van der Waals surface area contributed by atoms with Crippen molar-refractivity contribution < 1.29 is 18.3 Å². The lowest BCUT2D eigenvalue weighted by Gasteiger charge is -2.05. The Kier molecular flexibility index (Phi) is 4.59. The summed E-state index contributed by atoms with van der Waals surface area (Å²) in [4.78, 5) is 14.7. The summed E-state index contributed by atoms with van der Waals surface area (Å²) in [5.41, 5.74) is 1.37. The molecule has 0 bridgehead atoms. The Morgan fingerprint density at radius 2 is 2.00 bits per heavy atom. The summed E-state index contributed by atoms with van der Waals surface area (Å²) in [6.07, 6.45) is 0.599. The van der Waals surface area contributed by atoms with E-state index < -0.39 is 16.0 Å². The Morgan fingerprint density at radius 1 is 1.33 bits per heavy atom. The highest BCUT2D eigenvalue weighted by molar-refractivity contribution is 7.93. The molecule has 0 saturated heterocycles. The molecule has 0 fully saturated rings. The molecule has 2 N–H and O–H groups in total. The molecule has 2 aromatic rings. The van der Waals surface area contributed by atoms with Gasteiger partial charge in [0.15, 0.2) is 5.13 Å². The summed E-state index contributed by atoms with van der Waals surface area (Å²) in [5.74, 6) is -1.01. The van der Waals surface area contributed by atoms with E-state index in [0.29, 0.717) is 5.69 Å². The molecule has 1 heterocycles. The first-order valence-corrected chi connectivity index (χ1v) is 8.55. The van der Waals surface area contributed by atoms with Gasteiger partial charge in [-0.3, -0.25) is 9.52 Å². The molecule has 0 radical (unpaired) electrons. The van der Waals surface area contributed by atoms with Crippen LogP contribution >= 0.6 is 11.3 Å². The fourth-order valence-electron chi connectivity index (χ4n) is 1.67. The number of nitrogens with one attached hydrogen (secondary N) is 1. The van der Waals surface area contributed by atoms with Gasteiger partial charge in [0.1, 0.15) is 0 Å². The maximum atomic E-state index is 12.2. The van der Waals surface area contributed by atoms with Crippen molar-refractivity contribution in [3.05, 3.63) is 40.9 Å². The van der Waals surface area contributed by atoms with Crippen LogP contribution in [-0.2, 0) is 27.7 Å². The van der Waals surface area contributed by atoms with Crippen LogP contribution in [0.5, 0.6) is 0 Å². The van der Waals surface area contributed by atoms with E-state index in [9.17, 15) is 13.2 Å². The van der Waals surface area contributed by atoms with E-state index in [1.165, 1.54) is 17.5 Å². The van der Waals surface area contributed by atoms with Gasteiger partial charge in [0.05, 0.1) is 17.0 Å². The van der Waals surface area contributed by atoms with E-state index in [1.54, 1.807) is 12.1 Å². The highest BCUT2D eigenvalue weighted by Gasteiger charge is 2.16. The van der Waals surface area contributed by atoms with Crippen molar-refractivity contribution in [2.75, 3.05) is 4.72 Å². The number of benzene rings is 1. The fourth-order valence-corrected chi connectivity index (χ4v) is 3.63. The first-order valence-electron chi connectivity index (χ1n) is 6.18. The SMILES string of the molecule is CCc1ccc(S(=O)(=O)Nc2nc(CC(=O)O)cs2)cc1. The Hall–Kier alpha value is -1.93. The summed E-state index contributed by atoms with van der Waals surface area (Å²) in [7, 11) is -3.70. The highest BCUT2D eigenvalue weighted by Crippen LogP contribution is 2.20. The molecule has 0 aliphatic carbocycles. The molecule has 6 nitrogen and oxygen atoms in total. The minimum atomic E-state index is -3.70. The minimum absolute atomic E-state index is 0.148. The average molecular weight is 326 g/mol. The van der Waals surface area contributed by atoms with Crippen LogP contribution in [0, 0.1) is 0 Å². The van der Waals surface area contributed by atoms with Gasteiger partial charge in [0.2, 0.25) is 0 Å². The lowest BCUT2D eigenvalue weighted by atomic mass is 10.2. The van der Waals surface area contributed by atoms with Crippen molar-refractivity contribution in [2.24, 2.45) is 0 Å². The second kappa shape index (κ2) is 6.23. The first kappa shape index (κ1) is 15.5. The van der Waals surface area contributed by atoms with Crippen LogP contribution in [0.2, 0.25) is 0 Å². The van der Waals surface area contributed by atoms with Gasteiger partial charge in [-0.25, -0.2) is 13.4 Å². The third-order valence-corrected chi connectivity index (χ3v) is 5.04. The summed E-state index contributed by atoms with van der Waals surface area (Å²) in [6.45, 7) is 1.99. The first-order chi connectivity index (χ1) is 9.90. The zero-order valence-corrected chi connectivity index (χ0v) is 12.9. The highest BCUT2D eigenvalue weighted by atomic mass is 32.2. The predicted molar refractivity (Wildman–Crippen MR) is 80.1 cm³/mol. The molecule has 0 aliphatic heterocycles. The summed E-state index contributed by atoms with van der Waals surface area (Å²) < 4.78 is 26.7. The van der Waals surface area contributed by atoms with Crippen LogP contribution in [0.3, 0.4) is 0 Å². The van der Waals surface area contributed by atoms with Gasteiger partial charge in [0.25, 0.3) is 10.0 Å². The third kappa shape index (κ3) is 4.02. The van der Waals surface area contributed by atoms with Crippen LogP contribution in [0.4, 0.5) is 5.13 Å². The third-order valence-electron chi connectivity index (χ3n) is 2.75. The molecule has 0 amide bonds. The summed E-state index contributed by atoms with van der Waals surface area (Å²) in [6, 6.07) is 6.58. The monoisotopic (exact) mass is 326 g/mol. The van der Waals surface area contributed by atoms with E-state index in [4.69, 9.17) is 5.11 Å². The zero-order chi connectivity index (χ0) is 15.5. The number of carboxylic acids is 1. The Morgan fingerprint density at radius 3 is 2.57 bits per heavy atom. The Bertz CT molecular complexity index is 736. The number of carboxylic acid groups (broad SMARTS) is 1. The van der Waals surface area contributed by atoms with Crippen LogP contribution < -0.4 is 4.72 Å². The van der Waals surface area contributed by atoms with Crippen molar-refractivity contribution in [2.45, 2.75) is 24.7 Å². The molecule has 2 rings (SSSR count). The number of anilines is 1. The number of aliphatic carboxylic acids is 1. The second-order valence-electron chi connectivity index (χ2n) is 4.32. The molecule has 8 heteroatoms. The van der Waals surface area contributed by atoms with Crippen LogP contribution in [-0.4, -0.2) is 24.5 Å². The van der Waals surface area contributed by atoms with Gasteiger partial charge in [-0.15, -0.1) is 11.3 Å². The molecular formula is C13H14N2O4S2. The van der Waals surface area contributed by atoms with E-state index >= 15 is 0 Å². The molecular weight excluding hydrogens is 312 g/mol. The maximum Gasteiger partial charge on any atom is 0.309 e. The van der Waals surface area contributed by atoms with Crippen molar-refractivity contribution in [1.82, 2.24) is 4.98 Å². The van der Waals surface area contributed by atoms with Gasteiger partial charge in [-0.05, 0) is 24.1 Å². The number of sulfonamides is 1. The maximum absolute atomic E-state index is 12.2. The number of hydrogen-bond donors (Lipinski definition) is 2. The van der Waals surface area contributed by atoms with Gasteiger partial charge >= 0.3 is 5.97 Å². The van der Waals surface area contributed by atoms with Crippen LogP contribution in [0.25, 0.3) is 0 Å². The number of aromatic nitrogens is 1. The molecule has 0 saturated carbocycles. The lowest BCUT2D eigenvalue weighted by Crippen LogP contribution is -2.13. The normalized spacial score (nSPS) is 11.3. The number of hydrogen-bond acceptors (Lipinski definition) is 5. The zero-order valence-electron chi connectivity index (χ0n) is 11.2. The molecule has 1 aromatic heterocycles. The average Bonchev–Trinajstić information content (AvgIpc) is 2.84. The Balaban J connectivity index is 2.16. The molecule has 1 aromatic carbocycles. The van der Waals surface area contributed by atoms with E-state index in [-0.39, 0.29) is 16.4 Å². The molecule has 0 atom stereocenters. The van der Waals surface area contributed by atoms with E-state index in [0.717, 1.165) is 23.3 Å². The minimum Gasteiger partial charge on any atom is -0.481 e. The number of carbonyl (C=O) groups is 1. The van der Waals surface area contributed by atoms with Crippen LogP contribution in [0.15, 0.2) is 34.5 Å². The fraction of sp³-hybridized carbons (Fsp3) is 0.231. The smallest absolute Gasteiger partial charge is 0.309 e. The van der Waals surface area contributed by atoms with Gasteiger partial charge in [0, 0.05) is 5.38 Å². The van der Waals surface area contributed by atoms with Crippen molar-refractivity contribution in [1.29, 1.82) is 0 Å². The quantitative estimate of drug-likeness (QED) is 0.847. The lowest BCUT2D eigenvalue weighted by molar-refractivity contribution is -0.136. The molecule has 112 valence electrons. The van der Waals surface area contributed by atoms with Gasteiger partial charge < -0.3 is 5.11 Å². The Labute approximate surface area is 126 Å². The summed E-state index contributed by atoms with van der Waals surface area (Å²) >= 11 is 1.06. The standard InChI is InChI=1S/C13H14N2O4S2/c1-2-9-3-5-11(6-4-9)21(18,19)15-13-14-10(8-20-13)7-12(16)17/h3-6,8H,2,7H2,1H3,(H,14,15)(H,16,17). The van der Waals surface area contributed by atoms with Crippen molar-refractivity contribution in [3.8, 4) is 0 Å². The van der Waals surface area contributed by atoms with E-state index in [1.807, 2.05) is 6.92 Å². The molecule has 0 aliphatic rings. The van der Waals surface area contributed by atoms with Crippen LogP contribution in [0.1, 0.15) is 18.2 Å². The molecule has 0 spiro atoms. The van der Waals surface area contributed by atoms with Gasteiger partial charge in [-0.1, -0.05) is 19.1 Å². The predicted octanol–water partition coefficient (Wildman–Crippen LogP) is 2.13. The largest absolute Gasteiger partial charge is 0.481 e. The van der Waals surface area contributed by atoms with Crippen molar-refractivity contribution in [3.63, 3.8) is 0 Å². The topological polar surface area (TPSA) is 96.4 Å². The summed E-state index contributed by atoms with van der Waals surface area (Å²) in [5, 5.41) is 10.3. The molecule has 21 heavy (non-hydrogen) atoms.